The van der Waals surface area contributed by atoms with E-state index in [-0.39, 0.29) is 11.6 Å². The lowest BCUT2D eigenvalue weighted by Gasteiger charge is -2.29. The zero-order valence-corrected chi connectivity index (χ0v) is 13.2. The first kappa shape index (κ1) is 14.0. The SMILES string of the molecule is CCc1nn(C)c(CNC2(C)CCOC2C)c1Br. The summed E-state index contributed by atoms with van der Waals surface area (Å²) in [6.07, 6.45) is 2.27. The Hall–Kier alpha value is -0.390. The summed E-state index contributed by atoms with van der Waals surface area (Å²) < 4.78 is 8.74. The molecule has 1 N–H and O–H groups in total. The Balaban J connectivity index is 2.08. The van der Waals surface area contributed by atoms with Gasteiger partial charge in [-0.3, -0.25) is 4.68 Å². The molecule has 1 aliphatic rings. The molecule has 0 bridgehead atoms. The second kappa shape index (κ2) is 5.31. The van der Waals surface area contributed by atoms with Gasteiger partial charge in [0.25, 0.3) is 0 Å². The van der Waals surface area contributed by atoms with E-state index < -0.39 is 0 Å². The molecule has 1 aromatic rings. The minimum absolute atomic E-state index is 0.0656. The number of aryl methyl sites for hydroxylation is 2. The summed E-state index contributed by atoms with van der Waals surface area (Å²) in [6, 6.07) is 0. The normalized spacial score (nSPS) is 27.9. The summed E-state index contributed by atoms with van der Waals surface area (Å²) in [6.45, 7) is 8.15. The van der Waals surface area contributed by atoms with Crippen LogP contribution in [0.5, 0.6) is 0 Å². The van der Waals surface area contributed by atoms with Gasteiger partial charge < -0.3 is 10.1 Å². The third-order valence-electron chi connectivity index (χ3n) is 4.05. The standard InChI is InChI=1S/C13H22BrN3O/c1-5-10-12(14)11(17(4)16-10)8-15-13(3)6-7-18-9(13)2/h9,15H,5-8H2,1-4H3. The largest absolute Gasteiger partial charge is 0.377 e. The molecule has 2 unspecified atom stereocenters. The van der Waals surface area contributed by atoms with Gasteiger partial charge in [0.2, 0.25) is 0 Å². The summed E-state index contributed by atoms with van der Waals surface area (Å²) in [5.41, 5.74) is 2.39. The van der Waals surface area contributed by atoms with Crippen LogP contribution in [0.2, 0.25) is 0 Å². The highest BCUT2D eigenvalue weighted by Gasteiger charge is 2.36. The van der Waals surface area contributed by atoms with Crippen LogP contribution in [0.15, 0.2) is 4.47 Å². The van der Waals surface area contributed by atoms with E-state index in [2.05, 4.69) is 47.1 Å². The maximum atomic E-state index is 5.65. The van der Waals surface area contributed by atoms with Crippen molar-refractivity contribution >= 4 is 15.9 Å². The van der Waals surface area contributed by atoms with Gasteiger partial charge >= 0.3 is 0 Å². The molecule has 0 saturated carbocycles. The predicted molar refractivity (Wildman–Crippen MR) is 75.6 cm³/mol. The first-order valence-electron chi connectivity index (χ1n) is 6.55. The highest BCUT2D eigenvalue weighted by Crippen LogP contribution is 2.27. The van der Waals surface area contributed by atoms with Gasteiger partial charge in [0.1, 0.15) is 0 Å². The van der Waals surface area contributed by atoms with Crippen molar-refractivity contribution in [1.29, 1.82) is 0 Å². The fourth-order valence-corrected chi connectivity index (χ4v) is 3.12. The molecule has 102 valence electrons. The summed E-state index contributed by atoms with van der Waals surface area (Å²) >= 11 is 3.65. The number of halogens is 1. The van der Waals surface area contributed by atoms with Crippen molar-refractivity contribution in [2.45, 2.75) is 51.8 Å². The predicted octanol–water partition coefficient (Wildman–Crippen LogP) is 2.40. The first-order chi connectivity index (χ1) is 8.48. The van der Waals surface area contributed by atoms with Gasteiger partial charge in [0.15, 0.2) is 0 Å². The monoisotopic (exact) mass is 315 g/mol. The Labute approximate surface area is 117 Å². The molecule has 2 heterocycles. The van der Waals surface area contributed by atoms with Gasteiger partial charge in [-0.05, 0) is 42.6 Å². The van der Waals surface area contributed by atoms with Crippen LogP contribution in [0.4, 0.5) is 0 Å². The fourth-order valence-electron chi connectivity index (χ4n) is 2.36. The van der Waals surface area contributed by atoms with Crippen LogP contribution in [-0.4, -0.2) is 28.0 Å². The number of rotatable bonds is 4. The van der Waals surface area contributed by atoms with Crippen molar-refractivity contribution < 1.29 is 4.74 Å². The minimum Gasteiger partial charge on any atom is -0.377 e. The van der Waals surface area contributed by atoms with Crippen molar-refractivity contribution in [2.75, 3.05) is 6.61 Å². The molecule has 0 spiro atoms. The molecule has 2 atom stereocenters. The molecule has 1 aromatic heterocycles. The molecular weight excluding hydrogens is 294 g/mol. The molecule has 1 aliphatic heterocycles. The summed E-state index contributed by atoms with van der Waals surface area (Å²) in [4.78, 5) is 0. The van der Waals surface area contributed by atoms with Gasteiger partial charge in [0, 0.05) is 25.7 Å². The Morgan fingerprint density at radius 2 is 2.33 bits per heavy atom. The summed E-state index contributed by atoms with van der Waals surface area (Å²) in [5.74, 6) is 0. The van der Waals surface area contributed by atoms with Gasteiger partial charge in [-0.2, -0.15) is 5.10 Å². The second-order valence-corrected chi connectivity index (χ2v) is 6.01. The van der Waals surface area contributed by atoms with Crippen molar-refractivity contribution in [1.82, 2.24) is 15.1 Å². The lowest BCUT2D eigenvalue weighted by atomic mass is 9.94. The van der Waals surface area contributed by atoms with Crippen LogP contribution >= 0.6 is 15.9 Å². The summed E-state index contributed by atoms with van der Waals surface area (Å²) in [7, 11) is 2.00. The molecule has 0 amide bonds. The van der Waals surface area contributed by atoms with E-state index in [0.717, 1.165) is 36.2 Å². The van der Waals surface area contributed by atoms with Crippen LogP contribution in [0.1, 0.15) is 38.6 Å². The molecular formula is C13H22BrN3O. The number of ether oxygens (including phenoxy) is 1. The van der Waals surface area contributed by atoms with Gasteiger partial charge in [0.05, 0.1) is 22.0 Å². The Kier molecular flexibility index (Phi) is 4.14. The van der Waals surface area contributed by atoms with Crippen molar-refractivity contribution in [3.8, 4) is 0 Å². The van der Waals surface area contributed by atoms with E-state index in [1.165, 1.54) is 5.69 Å². The lowest BCUT2D eigenvalue weighted by molar-refractivity contribution is 0.0879. The van der Waals surface area contributed by atoms with E-state index >= 15 is 0 Å². The number of nitrogens with zero attached hydrogens (tertiary/aromatic N) is 2. The van der Waals surface area contributed by atoms with E-state index in [4.69, 9.17) is 4.74 Å². The maximum Gasteiger partial charge on any atom is 0.0767 e. The zero-order valence-electron chi connectivity index (χ0n) is 11.6. The molecule has 18 heavy (non-hydrogen) atoms. The Bertz CT molecular complexity index is 432. The highest BCUT2D eigenvalue weighted by molar-refractivity contribution is 9.10. The molecule has 1 fully saturated rings. The van der Waals surface area contributed by atoms with E-state index in [1.54, 1.807) is 0 Å². The van der Waals surface area contributed by atoms with E-state index in [9.17, 15) is 0 Å². The second-order valence-electron chi connectivity index (χ2n) is 5.22. The average Bonchev–Trinajstić information content (AvgIpc) is 2.79. The maximum absolute atomic E-state index is 5.65. The molecule has 0 aliphatic carbocycles. The van der Waals surface area contributed by atoms with E-state index in [1.807, 2.05) is 11.7 Å². The first-order valence-corrected chi connectivity index (χ1v) is 7.34. The highest BCUT2D eigenvalue weighted by atomic mass is 79.9. The van der Waals surface area contributed by atoms with Gasteiger partial charge in [-0.25, -0.2) is 0 Å². The number of aromatic nitrogens is 2. The van der Waals surface area contributed by atoms with Gasteiger partial charge in [-0.1, -0.05) is 6.92 Å². The molecule has 0 aromatic carbocycles. The Morgan fingerprint density at radius 1 is 1.61 bits per heavy atom. The van der Waals surface area contributed by atoms with Crippen LogP contribution < -0.4 is 5.32 Å². The van der Waals surface area contributed by atoms with Crippen molar-refractivity contribution in [3.63, 3.8) is 0 Å². The van der Waals surface area contributed by atoms with E-state index in [0.29, 0.717) is 0 Å². The number of nitrogens with one attached hydrogen (secondary N) is 1. The van der Waals surface area contributed by atoms with Crippen molar-refractivity contribution in [3.05, 3.63) is 15.9 Å². The quantitative estimate of drug-likeness (QED) is 0.927. The Morgan fingerprint density at radius 3 is 2.83 bits per heavy atom. The van der Waals surface area contributed by atoms with Crippen LogP contribution in [0.25, 0.3) is 0 Å². The molecule has 0 radical (unpaired) electrons. The summed E-state index contributed by atoms with van der Waals surface area (Å²) in [5, 5.41) is 8.14. The molecule has 5 heteroatoms. The molecule has 4 nitrogen and oxygen atoms in total. The lowest BCUT2D eigenvalue weighted by Crippen LogP contribution is -2.47. The van der Waals surface area contributed by atoms with Gasteiger partial charge in [-0.15, -0.1) is 0 Å². The third-order valence-corrected chi connectivity index (χ3v) is 4.96. The minimum atomic E-state index is 0.0656. The van der Waals surface area contributed by atoms with Crippen LogP contribution in [0, 0.1) is 0 Å². The number of hydrogen-bond acceptors (Lipinski definition) is 3. The topological polar surface area (TPSA) is 39.1 Å². The van der Waals surface area contributed by atoms with Crippen LogP contribution in [0.3, 0.4) is 0 Å². The fraction of sp³-hybridized carbons (Fsp3) is 0.769. The van der Waals surface area contributed by atoms with Crippen molar-refractivity contribution in [2.24, 2.45) is 7.05 Å². The van der Waals surface area contributed by atoms with Crippen LogP contribution in [-0.2, 0) is 24.8 Å². The number of hydrogen-bond donors (Lipinski definition) is 1. The molecule has 2 rings (SSSR count). The zero-order chi connectivity index (χ0) is 13.3. The smallest absolute Gasteiger partial charge is 0.0767 e. The molecule has 1 saturated heterocycles. The third kappa shape index (κ3) is 2.49. The average molecular weight is 316 g/mol.